The van der Waals surface area contributed by atoms with E-state index in [1.54, 1.807) is 19.9 Å². The van der Waals surface area contributed by atoms with Crippen LogP contribution in [0.2, 0.25) is 0 Å². The summed E-state index contributed by atoms with van der Waals surface area (Å²) in [6, 6.07) is 5.97. The highest BCUT2D eigenvalue weighted by atomic mass is 16.7. The fourth-order valence-corrected chi connectivity index (χ4v) is 1.22. The van der Waals surface area contributed by atoms with E-state index >= 15 is 0 Å². The van der Waals surface area contributed by atoms with Gasteiger partial charge >= 0.3 is 12.3 Å². The number of hydrogen-bond acceptors (Lipinski definition) is 6. The second kappa shape index (κ2) is 8.51. The van der Waals surface area contributed by atoms with Gasteiger partial charge in [0.25, 0.3) is 0 Å². The number of benzene rings is 1. The molecule has 0 saturated carbocycles. The van der Waals surface area contributed by atoms with Crippen molar-refractivity contribution in [3.63, 3.8) is 0 Å². The molecular weight excluding hydrogens is 288 g/mol. The summed E-state index contributed by atoms with van der Waals surface area (Å²) in [6.45, 7) is 10.8. The van der Waals surface area contributed by atoms with Crippen LogP contribution in [0.3, 0.4) is 0 Å². The first kappa shape index (κ1) is 17.3. The van der Waals surface area contributed by atoms with Crippen LogP contribution in [0, 0.1) is 0 Å². The number of ether oxygens (including phenoxy) is 4. The third-order valence-corrected chi connectivity index (χ3v) is 2.08. The molecule has 0 saturated heterocycles. The SMILES string of the molecule is C=C(C)COC(=O)Oc1cccc(OC(=O)OCC(=C)C)c1. The third-order valence-electron chi connectivity index (χ3n) is 2.08. The van der Waals surface area contributed by atoms with E-state index in [4.69, 9.17) is 18.9 Å². The minimum atomic E-state index is -0.870. The number of rotatable bonds is 6. The van der Waals surface area contributed by atoms with E-state index in [9.17, 15) is 9.59 Å². The highest BCUT2D eigenvalue weighted by Crippen LogP contribution is 2.20. The molecule has 6 nitrogen and oxygen atoms in total. The molecule has 0 amide bonds. The van der Waals surface area contributed by atoms with Crippen molar-refractivity contribution in [3.8, 4) is 11.5 Å². The van der Waals surface area contributed by atoms with Gasteiger partial charge in [-0.3, -0.25) is 0 Å². The van der Waals surface area contributed by atoms with Crippen LogP contribution in [0.4, 0.5) is 9.59 Å². The summed E-state index contributed by atoms with van der Waals surface area (Å²) in [4.78, 5) is 22.8. The van der Waals surface area contributed by atoms with E-state index < -0.39 is 12.3 Å². The first-order chi connectivity index (χ1) is 10.4. The van der Waals surface area contributed by atoms with E-state index in [2.05, 4.69) is 13.2 Å². The zero-order chi connectivity index (χ0) is 16.5. The number of hydrogen-bond donors (Lipinski definition) is 0. The molecule has 0 fully saturated rings. The van der Waals surface area contributed by atoms with Gasteiger partial charge in [-0.2, -0.15) is 0 Å². The van der Waals surface area contributed by atoms with Gasteiger partial charge in [0.05, 0.1) is 0 Å². The Morgan fingerprint density at radius 3 is 1.68 bits per heavy atom. The fourth-order valence-electron chi connectivity index (χ4n) is 1.22. The Kier molecular flexibility index (Phi) is 6.69. The Morgan fingerprint density at radius 1 is 0.909 bits per heavy atom. The molecule has 0 aliphatic rings. The van der Waals surface area contributed by atoms with E-state index in [0.717, 1.165) is 0 Å². The lowest BCUT2D eigenvalue weighted by Crippen LogP contribution is -2.13. The average molecular weight is 306 g/mol. The lowest BCUT2D eigenvalue weighted by molar-refractivity contribution is 0.106. The van der Waals surface area contributed by atoms with Crippen molar-refractivity contribution in [2.45, 2.75) is 13.8 Å². The first-order valence-electron chi connectivity index (χ1n) is 6.45. The summed E-state index contributed by atoms with van der Waals surface area (Å²) in [7, 11) is 0. The van der Waals surface area contributed by atoms with Crippen molar-refractivity contribution in [1.82, 2.24) is 0 Å². The van der Waals surface area contributed by atoms with Crippen LogP contribution in [0.15, 0.2) is 48.6 Å². The quantitative estimate of drug-likeness (QED) is 0.451. The molecule has 0 aliphatic carbocycles. The lowest BCUT2D eigenvalue weighted by atomic mass is 10.3. The molecule has 0 spiro atoms. The second-order valence-corrected chi connectivity index (χ2v) is 4.67. The van der Waals surface area contributed by atoms with E-state index in [-0.39, 0.29) is 24.7 Å². The van der Waals surface area contributed by atoms with Crippen molar-refractivity contribution < 1.29 is 28.5 Å². The van der Waals surface area contributed by atoms with Gasteiger partial charge in [0.2, 0.25) is 0 Å². The second-order valence-electron chi connectivity index (χ2n) is 4.67. The maximum absolute atomic E-state index is 11.4. The van der Waals surface area contributed by atoms with Crippen molar-refractivity contribution in [3.05, 3.63) is 48.6 Å². The Bertz CT molecular complexity index is 529. The maximum atomic E-state index is 11.4. The summed E-state index contributed by atoms with van der Waals surface area (Å²) >= 11 is 0. The van der Waals surface area contributed by atoms with Gasteiger partial charge in [0.1, 0.15) is 24.7 Å². The topological polar surface area (TPSA) is 71.1 Å². The summed E-state index contributed by atoms with van der Waals surface area (Å²) in [6.07, 6.45) is -1.74. The fraction of sp³-hybridized carbons (Fsp3) is 0.250. The molecule has 0 unspecified atom stereocenters. The van der Waals surface area contributed by atoms with Gasteiger partial charge in [0.15, 0.2) is 0 Å². The summed E-state index contributed by atoms with van der Waals surface area (Å²) in [5, 5.41) is 0. The molecule has 0 N–H and O–H groups in total. The lowest BCUT2D eigenvalue weighted by Gasteiger charge is -2.08. The van der Waals surface area contributed by atoms with Gasteiger partial charge in [-0.1, -0.05) is 19.2 Å². The molecule has 0 aliphatic heterocycles. The molecule has 1 rings (SSSR count). The van der Waals surface area contributed by atoms with Crippen LogP contribution in [-0.2, 0) is 9.47 Å². The van der Waals surface area contributed by atoms with Crippen LogP contribution in [0.5, 0.6) is 11.5 Å². The molecule has 0 bridgehead atoms. The zero-order valence-electron chi connectivity index (χ0n) is 12.6. The van der Waals surface area contributed by atoms with Crippen LogP contribution in [0.1, 0.15) is 13.8 Å². The average Bonchev–Trinajstić information content (AvgIpc) is 2.43. The summed E-state index contributed by atoms with van der Waals surface area (Å²) in [5.74, 6) is 0.355. The molecule has 1 aromatic carbocycles. The molecule has 118 valence electrons. The minimum absolute atomic E-state index is 0.0717. The highest BCUT2D eigenvalue weighted by molar-refractivity contribution is 5.66. The van der Waals surface area contributed by atoms with Crippen LogP contribution < -0.4 is 9.47 Å². The van der Waals surface area contributed by atoms with Gasteiger partial charge < -0.3 is 18.9 Å². The number of carbonyl (C=O) groups is 2. The molecular formula is C16H18O6. The largest absolute Gasteiger partial charge is 0.514 e. The van der Waals surface area contributed by atoms with E-state index in [0.29, 0.717) is 11.1 Å². The zero-order valence-corrected chi connectivity index (χ0v) is 12.6. The summed E-state index contributed by atoms with van der Waals surface area (Å²) < 4.78 is 19.5. The molecule has 0 heterocycles. The Balaban J connectivity index is 2.54. The van der Waals surface area contributed by atoms with Crippen molar-refractivity contribution in [1.29, 1.82) is 0 Å². The molecule has 6 heteroatoms. The molecule has 0 aromatic heterocycles. The molecule has 22 heavy (non-hydrogen) atoms. The predicted octanol–water partition coefficient (Wildman–Crippen LogP) is 3.87. The molecule has 1 aromatic rings. The normalized spacial score (nSPS) is 9.55. The number of carbonyl (C=O) groups excluding carboxylic acids is 2. The highest BCUT2D eigenvalue weighted by Gasteiger charge is 2.10. The van der Waals surface area contributed by atoms with Crippen LogP contribution >= 0.6 is 0 Å². The molecule has 0 atom stereocenters. The van der Waals surface area contributed by atoms with Crippen LogP contribution in [-0.4, -0.2) is 25.5 Å². The Hall–Kier alpha value is -2.76. The Labute approximate surface area is 128 Å². The van der Waals surface area contributed by atoms with Gasteiger partial charge in [-0.25, -0.2) is 9.59 Å². The van der Waals surface area contributed by atoms with Crippen molar-refractivity contribution >= 4 is 12.3 Å². The smallest absolute Gasteiger partial charge is 0.429 e. The van der Waals surface area contributed by atoms with E-state index in [1.165, 1.54) is 18.2 Å². The monoisotopic (exact) mass is 306 g/mol. The van der Waals surface area contributed by atoms with Gasteiger partial charge in [0, 0.05) is 6.07 Å². The van der Waals surface area contributed by atoms with Gasteiger partial charge in [-0.05, 0) is 37.1 Å². The van der Waals surface area contributed by atoms with Gasteiger partial charge in [-0.15, -0.1) is 0 Å². The Morgan fingerprint density at radius 2 is 1.32 bits per heavy atom. The van der Waals surface area contributed by atoms with Crippen LogP contribution in [0.25, 0.3) is 0 Å². The predicted molar refractivity (Wildman–Crippen MR) is 80.0 cm³/mol. The molecule has 0 radical (unpaired) electrons. The standard InChI is InChI=1S/C16H18O6/c1-11(2)9-19-15(17)21-13-6-5-7-14(8-13)22-16(18)20-10-12(3)4/h5-8H,1,3,9-10H2,2,4H3. The summed E-state index contributed by atoms with van der Waals surface area (Å²) in [5.41, 5.74) is 1.38. The third kappa shape index (κ3) is 7.14. The van der Waals surface area contributed by atoms with Crippen molar-refractivity contribution in [2.24, 2.45) is 0 Å². The first-order valence-corrected chi connectivity index (χ1v) is 6.45. The minimum Gasteiger partial charge on any atom is -0.429 e. The van der Waals surface area contributed by atoms with E-state index in [1.807, 2.05) is 0 Å². The van der Waals surface area contributed by atoms with Crippen molar-refractivity contribution in [2.75, 3.05) is 13.2 Å². The maximum Gasteiger partial charge on any atom is 0.514 e.